The average molecular weight is 431 g/mol. The molecule has 3 aromatic carbocycles. The standard InChI is InChI=1S/C26H22FNO4/c1-15-4-5-18(14-16(15)2)24(29)22-23(17-6-12-21(32-3)13-7-17)28(26(31)25(22)30)20-10-8-19(27)9-11-20/h4-14,23,29H,1-3H3/b24-22-. The van der Waals surface area contributed by atoms with Gasteiger partial charge in [-0.05, 0) is 73.0 Å². The lowest BCUT2D eigenvalue weighted by atomic mass is 9.94. The number of aliphatic hydroxyl groups excluding tert-OH is 1. The topological polar surface area (TPSA) is 66.8 Å². The number of anilines is 1. The Morgan fingerprint density at radius 1 is 0.938 bits per heavy atom. The van der Waals surface area contributed by atoms with E-state index in [1.54, 1.807) is 43.5 Å². The highest BCUT2D eigenvalue weighted by Gasteiger charge is 2.47. The van der Waals surface area contributed by atoms with Crippen molar-refractivity contribution in [1.82, 2.24) is 0 Å². The SMILES string of the molecule is COc1ccc(C2/C(=C(/O)c3ccc(C)c(C)c3)C(=O)C(=O)N2c2ccc(F)cc2)cc1. The van der Waals surface area contributed by atoms with Gasteiger partial charge in [0, 0.05) is 11.3 Å². The fraction of sp³-hybridized carbons (Fsp3) is 0.154. The Labute approximate surface area is 185 Å². The number of ether oxygens (including phenoxy) is 1. The minimum atomic E-state index is -0.882. The molecule has 5 nitrogen and oxygen atoms in total. The summed E-state index contributed by atoms with van der Waals surface area (Å²) in [6, 6.07) is 16.7. The molecule has 1 heterocycles. The van der Waals surface area contributed by atoms with Gasteiger partial charge in [-0.1, -0.05) is 24.3 Å². The Bertz CT molecular complexity index is 1230. The van der Waals surface area contributed by atoms with E-state index in [1.165, 1.54) is 29.2 Å². The van der Waals surface area contributed by atoms with Crippen LogP contribution < -0.4 is 9.64 Å². The molecular formula is C26H22FNO4. The maximum absolute atomic E-state index is 13.5. The first-order chi connectivity index (χ1) is 15.3. The molecule has 1 atom stereocenters. The van der Waals surface area contributed by atoms with E-state index in [0.29, 0.717) is 22.6 Å². The van der Waals surface area contributed by atoms with Gasteiger partial charge in [-0.3, -0.25) is 14.5 Å². The van der Waals surface area contributed by atoms with Crippen molar-refractivity contribution >= 4 is 23.1 Å². The van der Waals surface area contributed by atoms with Gasteiger partial charge in [0.1, 0.15) is 17.3 Å². The molecule has 1 N–H and O–H groups in total. The molecular weight excluding hydrogens is 409 g/mol. The third kappa shape index (κ3) is 3.64. The third-order valence-corrected chi connectivity index (χ3v) is 5.76. The van der Waals surface area contributed by atoms with E-state index in [-0.39, 0.29) is 11.3 Å². The van der Waals surface area contributed by atoms with Crippen LogP contribution >= 0.6 is 0 Å². The highest BCUT2D eigenvalue weighted by molar-refractivity contribution is 6.51. The Hall–Kier alpha value is -3.93. The second-order valence-electron chi connectivity index (χ2n) is 7.72. The number of aryl methyl sites for hydroxylation is 2. The molecule has 32 heavy (non-hydrogen) atoms. The third-order valence-electron chi connectivity index (χ3n) is 5.76. The summed E-state index contributed by atoms with van der Waals surface area (Å²) in [6.07, 6.45) is 0. The fourth-order valence-corrected chi connectivity index (χ4v) is 3.85. The average Bonchev–Trinajstić information content (AvgIpc) is 3.06. The van der Waals surface area contributed by atoms with Crippen molar-refractivity contribution in [3.05, 3.63) is 100 Å². The summed E-state index contributed by atoms with van der Waals surface area (Å²) in [7, 11) is 1.54. The lowest BCUT2D eigenvalue weighted by Gasteiger charge is -2.25. The lowest BCUT2D eigenvalue weighted by molar-refractivity contribution is -0.132. The Kier molecular flexibility index (Phi) is 5.53. The number of rotatable bonds is 4. The van der Waals surface area contributed by atoms with Crippen LogP contribution in [0.25, 0.3) is 5.76 Å². The number of nitrogens with zero attached hydrogens (tertiary/aromatic N) is 1. The Morgan fingerprint density at radius 2 is 1.59 bits per heavy atom. The summed E-state index contributed by atoms with van der Waals surface area (Å²) in [5.74, 6) is -1.69. The van der Waals surface area contributed by atoms with Crippen molar-refractivity contribution in [3.8, 4) is 5.75 Å². The molecule has 0 bridgehead atoms. The van der Waals surface area contributed by atoms with Gasteiger partial charge in [-0.25, -0.2) is 4.39 Å². The molecule has 1 aliphatic rings. The highest BCUT2D eigenvalue weighted by Crippen LogP contribution is 2.42. The van der Waals surface area contributed by atoms with E-state index < -0.39 is 23.5 Å². The van der Waals surface area contributed by atoms with Crippen LogP contribution in [0.2, 0.25) is 0 Å². The number of halogens is 1. The van der Waals surface area contributed by atoms with E-state index in [4.69, 9.17) is 4.74 Å². The molecule has 1 saturated heterocycles. The predicted octanol–water partition coefficient (Wildman–Crippen LogP) is 5.08. The van der Waals surface area contributed by atoms with E-state index in [1.807, 2.05) is 19.9 Å². The first-order valence-corrected chi connectivity index (χ1v) is 10.1. The second-order valence-corrected chi connectivity index (χ2v) is 7.72. The van der Waals surface area contributed by atoms with Gasteiger partial charge >= 0.3 is 0 Å². The number of carbonyl (C=O) groups is 2. The summed E-state index contributed by atoms with van der Waals surface area (Å²) >= 11 is 0. The molecule has 1 fully saturated rings. The van der Waals surface area contributed by atoms with Crippen molar-refractivity contribution in [3.63, 3.8) is 0 Å². The molecule has 1 aliphatic heterocycles. The molecule has 3 aromatic rings. The molecule has 1 unspecified atom stereocenters. The molecule has 6 heteroatoms. The molecule has 4 rings (SSSR count). The normalized spacial score (nSPS) is 17.6. The van der Waals surface area contributed by atoms with Gasteiger partial charge < -0.3 is 9.84 Å². The summed E-state index contributed by atoms with van der Waals surface area (Å²) in [5, 5.41) is 11.2. The van der Waals surface area contributed by atoms with Crippen LogP contribution in [-0.2, 0) is 9.59 Å². The quantitative estimate of drug-likeness (QED) is 0.356. The Balaban J connectivity index is 1.93. The Morgan fingerprint density at radius 3 is 2.19 bits per heavy atom. The van der Waals surface area contributed by atoms with Crippen molar-refractivity contribution in [2.45, 2.75) is 19.9 Å². The molecule has 0 aromatic heterocycles. The molecule has 0 spiro atoms. The van der Waals surface area contributed by atoms with Gasteiger partial charge in [0.05, 0.1) is 18.7 Å². The number of benzene rings is 3. The van der Waals surface area contributed by atoms with Crippen LogP contribution in [0.15, 0.2) is 72.3 Å². The molecule has 1 amide bonds. The van der Waals surface area contributed by atoms with E-state index in [9.17, 15) is 19.1 Å². The number of hydrogen-bond acceptors (Lipinski definition) is 4. The first-order valence-electron chi connectivity index (χ1n) is 10.1. The number of aliphatic hydroxyl groups is 1. The van der Waals surface area contributed by atoms with Crippen LogP contribution in [0.1, 0.15) is 28.3 Å². The van der Waals surface area contributed by atoms with Crippen LogP contribution in [0.5, 0.6) is 5.75 Å². The molecule has 0 aliphatic carbocycles. The maximum Gasteiger partial charge on any atom is 0.300 e. The number of methoxy groups -OCH3 is 1. The molecule has 0 radical (unpaired) electrons. The highest BCUT2D eigenvalue weighted by atomic mass is 19.1. The lowest BCUT2D eigenvalue weighted by Crippen LogP contribution is -2.29. The minimum Gasteiger partial charge on any atom is -0.507 e. The van der Waals surface area contributed by atoms with Crippen molar-refractivity contribution in [1.29, 1.82) is 0 Å². The number of Topliss-reactive ketones (excluding diaryl/α,β-unsaturated/α-hetero) is 1. The largest absolute Gasteiger partial charge is 0.507 e. The summed E-state index contributed by atoms with van der Waals surface area (Å²) in [5.41, 5.74) is 3.38. The summed E-state index contributed by atoms with van der Waals surface area (Å²) in [4.78, 5) is 27.5. The molecule has 162 valence electrons. The zero-order valence-corrected chi connectivity index (χ0v) is 17.9. The zero-order valence-electron chi connectivity index (χ0n) is 17.9. The first kappa shape index (κ1) is 21.3. The van der Waals surface area contributed by atoms with Gasteiger partial charge in [-0.15, -0.1) is 0 Å². The number of ketones is 1. The fourth-order valence-electron chi connectivity index (χ4n) is 3.85. The summed E-state index contributed by atoms with van der Waals surface area (Å²) in [6.45, 7) is 3.86. The van der Waals surface area contributed by atoms with E-state index in [0.717, 1.165) is 11.1 Å². The zero-order chi connectivity index (χ0) is 23.0. The van der Waals surface area contributed by atoms with E-state index >= 15 is 0 Å². The smallest absolute Gasteiger partial charge is 0.300 e. The predicted molar refractivity (Wildman–Crippen MR) is 120 cm³/mol. The van der Waals surface area contributed by atoms with Gasteiger partial charge in [0.25, 0.3) is 11.7 Å². The van der Waals surface area contributed by atoms with Gasteiger partial charge in [0.2, 0.25) is 0 Å². The number of amides is 1. The van der Waals surface area contributed by atoms with Crippen molar-refractivity contribution in [2.75, 3.05) is 12.0 Å². The van der Waals surface area contributed by atoms with Crippen LogP contribution in [-0.4, -0.2) is 23.9 Å². The van der Waals surface area contributed by atoms with Crippen molar-refractivity contribution < 1.29 is 23.8 Å². The van der Waals surface area contributed by atoms with Crippen molar-refractivity contribution in [2.24, 2.45) is 0 Å². The van der Waals surface area contributed by atoms with Crippen LogP contribution in [0.4, 0.5) is 10.1 Å². The van der Waals surface area contributed by atoms with Crippen LogP contribution in [0, 0.1) is 19.7 Å². The van der Waals surface area contributed by atoms with Crippen LogP contribution in [0.3, 0.4) is 0 Å². The number of carbonyl (C=O) groups excluding carboxylic acids is 2. The minimum absolute atomic E-state index is 0.0206. The number of hydrogen-bond donors (Lipinski definition) is 1. The monoisotopic (exact) mass is 431 g/mol. The van der Waals surface area contributed by atoms with Gasteiger partial charge in [-0.2, -0.15) is 0 Å². The van der Waals surface area contributed by atoms with Gasteiger partial charge in [0.15, 0.2) is 0 Å². The second kappa shape index (κ2) is 8.30. The summed E-state index contributed by atoms with van der Waals surface area (Å²) < 4.78 is 18.7. The van der Waals surface area contributed by atoms with E-state index in [2.05, 4.69) is 0 Å². The maximum atomic E-state index is 13.5. The molecule has 0 saturated carbocycles.